The molecule has 33 heavy (non-hydrogen) atoms. The number of amides is 5. The van der Waals surface area contributed by atoms with Gasteiger partial charge in [0, 0.05) is 24.3 Å². The molecule has 2 aromatic rings. The fraction of sp³-hybridized carbons (Fsp3) is 0.360. The van der Waals surface area contributed by atoms with Crippen LogP contribution in [0, 0.1) is 0 Å². The summed E-state index contributed by atoms with van der Waals surface area (Å²) in [6.45, 7) is 6.11. The summed E-state index contributed by atoms with van der Waals surface area (Å²) in [6, 6.07) is 13.9. The predicted molar refractivity (Wildman–Crippen MR) is 125 cm³/mol. The summed E-state index contributed by atoms with van der Waals surface area (Å²) in [5, 5.41) is 5.44. The Hall–Kier alpha value is -3.68. The van der Waals surface area contributed by atoms with Gasteiger partial charge in [0.2, 0.25) is 11.8 Å². The molecule has 2 aromatic carbocycles. The third-order valence-corrected chi connectivity index (χ3v) is 6.27. The molecule has 2 saturated heterocycles. The van der Waals surface area contributed by atoms with Crippen LogP contribution in [0.25, 0.3) is 0 Å². The Kier molecular flexibility index (Phi) is 5.93. The second-order valence-corrected chi connectivity index (χ2v) is 8.97. The van der Waals surface area contributed by atoms with Crippen LogP contribution in [0.2, 0.25) is 0 Å². The van der Waals surface area contributed by atoms with Crippen LogP contribution < -0.4 is 15.5 Å². The molecule has 0 aromatic heterocycles. The van der Waals surface area contributed by atoms with Crippen LogP contribution in [0.3, 0.4) is 0 Å². The van der Waals surface area contributed by atoms with Gasteiger partial charge in [-0.1, -0.05) is 38.1 Å². The lowest BCUT2D eigenvalue weighted by molar-refractivity contribution is -0.133. The zero-order valence-electron chi connectivity index (χ0n) is 19.1. The third-order valence-electron chi connectivity index (χ3n) is 6.27. The molecule has 0 bridgehead atoms. The first-order valence-corrected chi connectivity index (χ1v) is 11.1. The van der Waals surface area contributed by atoms with Crippen molar-refractivity contribution in [2.24, 2.45) is 0 Å². The van der Waals surface area contributed by atoms with Crippen LogP contribution in [0.15, 0.2) is 48.5 Å². The van der Waals surface area contributed by atoms with Crippen LogP contribution in [-0.4, -0.2) is 41.7 Å². The Morgan fingerprint density at radius 2 is 1.73 bits per heavy atom. The molecule has 2 N–H and O–H groups in total. The van der Waals surface area contributed by atoms with Gasteiger partial charge in [0.05, 0.1) is 0 Å². The lowest BCUT2D eigenvalue weighted by Crippen LogP contribution is -2.42. The molecule has 0 radical (unpaired) electrons. The highest BCUT2D eigenvalue weighted by Crippen LogP contribution is 2.30. The van der Waals surface area contributed by atoms with E-state index in [-0.39, 0.29) is 5.91 Å². The second-order valence-electron chi connectivity index (χ2n) is 8.97. The van der Waals surface area contributed by atoms with Crippen LogP contribution in [0.1, 0.15) is 50.7 Å². The molecule has 0 spiro atoms. The van der Waals surface area contributed by atoms with Crippen molar-refractivity contribution < 1.29 is 19.2 Å². The van der Waals surface area contributed by atoms with Gasteiger partial charge in [-0.25, -0.2) is 4.79 Å². The van der Waals surface area contributed by atoms with Crippen molar-refractivity contribution in [3.8, 4) is 0 Å². The highest BCUT2D eigenvalue weighted by Gasteiger charge is 2.49. The maximum absolute atomic E-state index is 13.1. The first kappa shape index (κ1) is 22.5. The Labute approximate surface area is 192 Å². The fourth-order valence-corrected chi connectivity index (χ4v) is 4.23. The van der Waals surface area contributed by atoms with E-state index in [9.17, 15) is 19.2 Å². The molecule has 4 rings (SSSR count). The normalized spacial score (nSPS) is 20.5. The minimum absolute atomic E-state index is 0.0900. The SMILES string of the molecule is CC(C)c1ccc(C2(C)NC(=O)N(CC(=O)Nc3ccc(N4CCCC4=O)cc3)C2=O)cc1. The zero-order valence-corrected chi connectivity index (χ0v) is 19.1. The first-order chi connectivity index (χ1) is 15.7. The number of nitrogens with one attached hydrogen (secondary N) is 2. The molecular formula is C25H28N4O4. The van der Waals surface area contributed by atoms with Gasteiger partial charge in [-0.15, -0.1) is 0 Å². The topological polar surface area (TPSA) is 98.8 Å². The average molecular weight is 449 g/mol. The average Bonchev–Trinajstić information content (AvgIpc) is 3.31. The number of carbonyl (C=O) groups is 4. The molecule has 0 aliphatic carbocycles. The smallest absolute Gasteiger partial charge is 0.325 e. The third kappa shape index (κ3) is 4.33. The zero-order chi connectivity index (χ0) is 23.8. The molecule has 2 fully saturated rings. The Morgan fingerprint density at radius 1 is 1.06 bits per heavy atom. The highest BCUT2D eigenvalue weighted by molar-refractivity contribution is 6.10. The van der Waals surface area contributed by atoms with Crippen LogP contribution >= 0.6 is 0 Å². The number of hydrogen-bond acceptors (Lipinski definition) is 4. The van der Waals surface area contributed by atoms with Gasteiger partial charge in [-0.3, -0.25) is 19.3 Å². The molecule has 2 aliphatic heterocycles. The number of anilines is 2. The van der Waals surface area contributed by atoms with Crippen molar-refractivity contribution in [1.29, 1.82) is 0 Å². The van der Waals surface area contributed by atoms with E-state index in [2.05, 4.69) is 24.5 Å². The van der Waals surface area contributed by atoms with Gasteiger partial charge in [-0.2, -0.15) is 0 Å². The van der Waals surface area contributed by atoms with E-state index in [0.29, 0.717) is 30.1 Å². The summed E-state index contributed by atoms with van der Waals surface area (Å²) in [5.74, 6) is -0.510. The maximum Gasteiger partial charge on any atom is 0.325 e. The van der Waals surface area contributed by atoms with Gasteiger partial charge in [0.15, 0.2) is 0 Å². The monoisotopic (exact) mass is 448 g/mol. The van der Waals surface area contributed by atoms with E-state index >= 15 is 0 Å². The molecule has 2 heterocycles. The van der Waals surface area contributed by atoms with E-state index < -0.39 is 29.9 Å². The van der Waals surface area contributed by atoms with E-state index in [1.165, 1.54) is 0 Å². The Balaban J connectivity index is 1.41. The summed E-state index contributed by atoms with van der Waals surface area (Å²) in [7, 11) is 0. The summed E-state index contributed by atoms with van der Waals surface area (Å²) >= 11 is 0. The van der Waals surface area contributed by atoms with Gasteiger partial charge < -0.3 is 15.5 Å². The lowest BCUT2D eigenvalue weighted by Gasteiger charge is -2.22. The van der Waals surface area contributed by atoms with Gasteiger partial charge >= 0.3 is 6.03 Å². The van der Waals surface area contributed by atoms with E-state index in [1.807, 2.05) is 24.3 Å². The number of hydrogen-bond donors (Lipinski definition) is 2. The Morgan fingerprint density at radius 3 is 2.30 bits per heavy atom. The van der Waals surface area contributed by atoms with Crippen molar-refractivity contribution >= 4 is 35.1 Å². The largest absolute Gasteiger partial charge is 0.325 e. The summed E-state index contributed by atoms with van der Waals surface area (Å²) in [6.07, 6.45) is 1.38. The number of rotatable bonds is 6. The molecule has 172 valence electrons. The van der Waals surface area contributed by atoms with Crippen LogP contribution in [0.4, 0.5) is 16.2 Å². The number of imide groups is 1. The number of carbonyl (C=O) groups excluding carboxylic acids is 4. The standard InChI is InChI=1S/C25H28N4O4/c1-16(2)17-6-8-18(9-7-17)25(3)23(32)29(24(33)27-25)15-21(30)26-19-10-12-20(13-11-19)28-14-4-5-22(28)31/h6-13,16H,4-5,14-15H2,1-3H3,(H,26,30)(H,27,33). The van der Waals surface area contributed by atoms with Crippen molar-refractivity contribution in [3.63, 3.8) is 0 Å². The fourth-order valence-electron chi connectivity index (χ4n) is 4.23. The van der Waals surface area contributed by atoms with Crippen molar-refractivity contribution in [3.05, 3.63) is 59.7 Å². The molecule has 5 amide bonds. The summed E-state index contributed by atoms with van der Waals surface area (Å²) in [5.41, 5.74) is 1.88. The summed E-state index contributed by atoms with van der Waals surface area (Å²) < 4.78 is 0. The molecular weight excluding hydrogens is 420 g/mol. The highest BCUT2D eigenvalue weighted by atomic mass is 16.2. The van der Waals surface area contributed by atoms with E-state index in [4.69, 9.17) is 0 Å². The molecule has 1 unspecified atom stereocenters. The van der Waals surface area contributed by atoms with Crippen molar-refractivity contribution in [1.82, 2.24) is 10.2 Å². The van der Waals surface area contributed by atoms with Crippen molar-refractivity contribution in [2.45, 2.75) is 45.1 Å². The number of urea groups is 1. The van der Waals surface area contributed by atoms with E-state index in [0.717, 1.165) is 22.6 Å². The van der Waals surface area contributed by atoms with E-state index in [1.54, 1.807) is 36.1 Å². The van der Waals surface area contributed by atoms with Crippen LogP contribution in [0.5, 0.6) is 0 Å². The molecule has 8 nitrogen and oxygen atoms in total. The first-order valence-electron chi connectivity index (χ1n) is 11.1. The molecule has 8 heteroatoms. The predicted octanol–water partition coefficient (Wildman–Crippen LogP) is 3.34. The Bertz CT molecular complexity index is 1090. The molecule has 2 aliphatic rings. The molecule has 0 saturated carbocycles. The lowest BCUT2D eigenvalue weighted by atomic mass is 9.90. The van der Waals surface area contributed by atoms with Gasteiger partial charge in [0.1, 0.15) is 12.1 Å². The molecule has 1 atom stereocenters. The van der Waals surface area contributed by atoms with Gasteiger partial charge in [0.25, 0.3) is 5.91 Å². The number of benzene rings is 2. The van der Waals surface area contributed by atoms with Crippen LogP contribution in [-0.2, 0) is 19.9 Å². The second kappa shape index (κ2) is 8.69. The van der Waals surface area contributed by atoms with Gasteiger partial charge in [-0.05, 0) is 54.7 Å². The number of nitrogens with zero attached hydrogens (tertiary/aromatic N) is 2. The summed E-state index contributed by atoms with van der Waals surface area (Å²) in [4.78, 5) is 52.7. The minimum Gasteiger partial charge on any atom is -0.325 e. The quantitative estimate of drug-likeness (QED) is 0.662. The minimum atomic E-state index is -1.23. The maximum atomic E-state index is 13.1. The van der Waals surface area contributed by atoms with Crippen molar-refractivity contribution in [2.75, 3.05) is 23.3 Å².